The molecule has 3 rings (SSSR count). The molecule has 2 fully saturated rings. The molecule has 1 amide bonds. The van der Waals surface area contributed by atoms with Gasteiger partial charge in [0, 0.05) is 24.8 Å². The average molecular weight is 467 g/mol. The van der Waals surface area contributed by atoms with Crippen LogP contribution in [-0.4, -0.2) is 61.4 Å². The number of halogens is 3. The summed E-state index contributed by atoms with van der Waals surface area (Å²) in [7, 11) is 0. The molecule has 180 valence electrons. The molecule has 11 heteroatoms. The molecule has 0 aromatic heterocycles. The number of primary amides is 1. The molecule has 1 heterocycles. The van der Waals surface area contributed by atoms with Gasteiger partial charge in [-0.25, -0.2) is 4.99 Å². The first-order valence-electron chi connectivity index (χ1n) is 10.8. The topological polar surface area (TPSA) is 118 Å². The lowest BCUT2D eigenvalue weighted by atomic mass is 9.80. The van der Waals surface area contributed by atoms with E-state index in [0.717, 1.165) is 44.5 Å². The van der Waals surface area contributed by atoms with Crippen molar-refractivity contribution in [2.45, 2.75) is 44.1 Å². The summed E-state index contributed by atoms with van der Waals surface area (Å²) in [5, 5.41) is 3.26. The Kier molecular flexibility index (Phi) is 7.96. The first-order chi connectivity index (χ1) is 15.7. The van der Waals surface area contributed by atoms with Gasteiger partial charge in [-0.3, -0.25) is 4.79 Å². The van der Waals surface area contributed by atoms with Crippen molar-refractivity contribution in [3.8, 4) is 5.75 Å². The van der Waals surface area contributed by atoms with Crippen molar-refractivity contribution in [3.05, 3.63) is 36.0 Å². The maximum atomic E-state index is 12.3. The maximum absolute atomic E-state index is 12.3. The molecular formula is C22H29F3N6O2. The summed E-state index contributed by atoms with van der Waals surface area (Å²) in [6.07, 6.45) is 0.858. The summed E-state index contributed by atoms with van der Waals surface area (Å²) in [6.45, 7) is 6.51. The van der Waals surface area contributed by atoms with Crippen LogP contribution in [0.4, 0.5) is 18.9 Å². The number of amidine groups is 1. The highest BCUT2D eigenvalue weighted by molar-refractivity contribution is 6.20. The second kappa shape index (κ2) is 10.7. The number of carbonyl (C=O) groups is 1. The van der Waals surface area contributed by atoms with E-state index in [-0.39, 0.29) is 34.8 Å². The van der Waals surface area contributed by atoms with Crippen molar-refractivity contribution in [3.63, 3.8) is 0 Å². The molecule has 8 nitrogen and oxygen atoms in total. The van der Waals surface area contributed by atoms with Gasteiger partial charge in [-0.15, -0.1) is 13.2 Å². The van der Waals surface area contributed by atoms with E-state index in [4.69, 9.17) is 11.5 Å². The van der Waals surface area contributed by atoms with Crippen molar-refractivity contribution >= 4 is 24.1 Å². The van der Waals surface area contributed by atoms with Gasteiger partial charge in [0.05, 0.1) is 11.3 Å². The molecule has 0 unspecified atom stereocenters. The third-order valence-electron chi connectivity index (χ3n) is 6.03. The van der Waals surface area contributed by atoms with Crippen molar-refractivity contribution in [1.82, 2.24) is 10.2 Å². The quantitative estimate of drug-likeness (QED) is 0.294. The molecule has 1 saturated heterocycles. The van der Waals surface area contributed by atoms with Gasteiger partial charge in [-0.05, 0) is 75.7 Å². The number of amides is 1. The first-order valence-corrected chi connectivity index (χ1v) is 10.8. The van der Waals surface area contributed by atoms with E-state index in [9.17, 15) is 18.0 Å². The largest absolute Gasteiger partial charge is 0.573 e. The number of hydrogen-bond acceptors (Lipinski definition) is 6. The SMILES string of the molecule is C=NC[C@H]1C[C@@H](N2CCC2)CC[C@@H]1N/C=C(/C(N)=O)C(N)=Nc1ccc(OC(F)(F)F)cc1. The fourth-order valence-corrected chi connectivity index (χ4v) is 4.25. The number of ether oxygens (including phenoxy) is 1. The van der Waals surface area contributed by atoms with Crippen LogP contribution in [0, 0.1) is 5.92 Å². The Hall–Kier alpha value is -3.08. The van der Waals surface area contributed by atoms with Crippen LogP contribution in [0.1, 0.15) is 25.7 Å². The van der Waals surface area contributed by atoms with E-state index in [1.165, 1.54) is 24.8 Å². The molecule has 1 saturated carbocycles. The minimum absolute atomic E-state index is 0.0132. The molecule has 3 atom stereocenters. The summed E-state index contributed by atoms with van der Waals surface area (Å²) in [5.41, 5.74) is 11.7. The normalized spacial score (nSPS) is 24.6. The molecule has 0 bridgehead atoms. The molecule has 0 spiro atoms. The Bertz CT molecular complexity index is 896. The fourth-order valence-electron chi connectivity index (χ4n) is 4.25. The summed E-state index contributed by atoms with van der Waals surface area (Å²) in [5.74, 6) is -1.05. The number of nitrogens with one attached hydrogen (secondary N) is 1. The van der Waals surface area contributed by atoms with Crippen molar-refractivity contribution in [1.29, 1.82) is 0 Å². The number of rotatable bonds is 9. The lowest BCUT2D eigenvalue weighted by Crippen LogP contribution is -2.51. The molecule has 5 N–H and O–H groups in total. The van der Waals surface area contributed by atoms with Crippen LogP contribution < -0.4 is 21.5 Å². The predicted octanol–water partition coefficient (Wildman–Crippen LogP) is 2.48. The minimum atomic E-state index is -4.79. The van der Waals surface area contributed by atoms with Gasteiger partial charge in [0.2, 0.25) is 0 Å². The van der Waals surface area contributed by atoms with E-state index in [1.54, 1.807) is 0 Å². The van der Waals surface area contributed by atoms with Crippen molar-refractivity contribution in [2.24, 2.45) is 27.4 Å². The standard InChI is InChI=1S/C22H29F3N6O2/c1-28-12-14-11-16(31-9-2-10-31)5-8-19(14)29-13-18(21(27)32)20(26)30-15-3-6-17(7-4-15)33-22(23,24)25/h3-4,6-7,13-14,16,19,29H,1-2,5,8-12H2,(H2,26,30)(H2,27,32)/b18-13+/t14-,16+,19+/m1/s1. The number of aliphatic imine (C=N–C) groups is 2. The van der Waals surface area contributed by atoms with Gasteiger partial charge in [0.1, 0.15) is 11.6 Å². The lowest BCUT2D eigenvalue weighted by Gasteiger charge is -2.44. The number of benzene rings is 1. The summed E-state index contributed by atoms with van der Waals surface area (Å²) in [6, 6.07) is 5.42. The van der Waals surface area contributed by atoms with Crippen LogP contribution in [-0.2, 0) is 4.79 Å². The van der Waals surface area contributed by atoms with Crippen LogP contribution in [0.15, 0.2) is 46.0 Å². The minimum Gasteiger partial charge on any atom is -0.406 e. The highest BCUT2D eigenvalue weighted by Gasteiger charge is 2.34. The van der Waals surface area contributed by atoms with E-state index in [1.807, 2.05) is 0 Å². The van der Waals surface area contributed by atoms with E-state index in [2.05, 4.69) is 31.7 Å². The van der Waals surface area contributed by atoms with E-state index in [0.29, 0.717) is 12.6 Å². The maximum Gasteiger partial charge on any atom is 0.573 e. The molecule has 2 aliphatic rings. The molecular weight excluding hydrogens is 437 g/mol. The monoisotopic (exact) mass is 466 g/mol. The molecule has 0 radical (unpaired) electrons. The zero-order chi connectivity index (χ0) is 24.0. The van der Waals surface area contributed by atoms with Crippen LogP contribution in [0.3, 0.4) is 0 Å². The Balaban J connectivity index is 1.68. The third-order valence-corrected chi connectivity index (χ3v) is 6.03. The molecule has 1 aromatic carbocycles. The summed E-state index contributed by atoms with van der Waals surface area (Å²) >= 11 is 0. The molecule has 1 aliphatic heterocycles. The molecule has 1 aliphatic carbocycles. The number of carbonyl (C=O) groups excluding carboxylic acids is 1. The van der Waals surface area contributed by atoms with Crippen molar-refractivity contribution < 1.29 is 22.7 Å². The predicted molar refractivity (Wildman–Crippen MR) is 120 cm³/mol. The Morgan fingerprint density at radius 2 is 1.94 bits per heavy atom. The van der Waals surface area contributed by atoms with E-state index < -0.39 is 12.3 Å². The molecule has 33 heavy (non-hydrogen) atoms. The van der Waals surface area contributed by atoms with Gasteiger partial charge in [-0.2, -0.15) is 0 Å². The van der Waals surface area contributed by atoms with Crippen LogP contribution in [0.2, 0.25) is 0 Å². The number of likely N-dealkylation sites (tertiary alicyclic amines) is 1. The van der Waals surface area contributed by atoms with Gasteiger partial charge < -0.3 is 31.4 Å². The van der Waals surface area contributed by atoms with Gasteiger partial charge >= 0.3 is 6.36 Å². The third kappa shape index (κ3) is 6.95. The highest BCUT2D eigenvalue weighted by Crippen LogP contribution is 2.31. The zero-order valence-corrected chi connectivity index (χ0v) is 18.2. The summed E-state index contributed by atoms with van der Waals surface area (Å²) < 4.78 is 40.7. The van der Waals surface area contributed by atoms with Gasteiger partial charge in [0.15, 0.2) is 0 Å². The van der Waals surface area contributed by atoms with Crippen molar-refractivity contribution in [2.75, 3.05) is 19.6 Å². The number of alkyl halides is 3. The Morgan fingerprint density at radius 1 is 1.24 bits per heavy atom. The second-order valence-corrected chi connectivity index (χ2v) is 8.26. The van der Waals surface area contributed by atoms with E-state index >= 15 is 0 Å². The number of nitrogens with zero attached hydrogens (tertiary/aromatic N) is 3. The Morgan fingerprint density at radius 3 is 2.48 bits per heavy atom. The van der Waals surface area contributed by atoms with Gasteiger partial charge in [0.25, 0.3) is 5.91 Å². The smallest absolute Gasteiger partial charge is 0.406 e. The van der Waals surface area contributed by atoms with Gasteiger partial charge in [-0.1, -0.05) is 0 Å². The highest BCUT2D eigenvalue weighted by atomic mass is 19.4. The van der Waals surface area contributed by atoms with Crippen LogP contribution in [0.25, 0.3) is 0 Å². The van der Waals surface area contributed by atoms with Crippen LogP contribution >= 0.6 is 0 Å². The van der Waals surface area contributed by atoms with Crippen LogP contribution in [0.5, 0.6) is 5.75 Å². The number of nitrogens with two attached hydrogens (primary N) is 2. The second-order valence-electron chi connectivity index (χ2n) is 8.26. The number of hydrogen-bond donors (Lipinski definition) is 3. The molecule has 1 aromatic rings. The fraction of sp³-hybridized carbons (Fsp3) is 0.500. The first kappa shape index (κ1) is 24.6. The lowest BCUT2D eigenvalue weighted by molar-refractivity contribution is -0.274. The summed E-state index contributed by atoms with van der Waals surface area (Å²) in [4.78, 5) is 22.7. The Labute approximate surface area is 190 Å². The zero-order valence-electron chi connectivity index (χ0n) is 18.2. The average Bonchev–Trinajstić information content (AvgIpc) is 2.68.